The number of hydrogen-bond donors (Lipinski definition) is 0. The summed E-state index contributed by atoms with van der Waals surface area (Å²) in [6.45, 7) is 10.6. The van der Waals surface area contributed by atoms with E-state index in [0.717, 1.165) is 11.1 Å². The molecule has 0 aromatic heterocycles. The van der Waals surface area contributed by atoms with Crippen LogP contribution in [0, 0.1) is 32.1 Å². The smallest absolute Gasteiger partial charge is 0.0994 e. The SMILES string of the molecule is Cc1ccc(C(C)(C)c2cc(C)c(C)c(C#N)c2)cc1. The van der Waals surface area contributed by atoms with E-state index in [1.54, 1.807) is 0 Å². The van der Waals surface area contributed by atoms with Crippen LogP contribution < -0.4 is 0 Å². The Hall–Kier alpha value is -2.07. The first-order valence-corrected chi connectivity index (χ1v) is 6.95. The lowest BCUT2D eigenvalue weighted by molar-refractivity contribution is 0.639. The number of hydrogen-bond acceptors (Lipinski definition) is 1. The fraction of sp³-hybridized carbons (Fsp3) is 0.316. The van der Waals surface area contributed by atoms with Gasteiger partial charge in [0.05, 0.1) is 11.6 Å². The fourth-order valence-electron chi connectivity index (χ4n) is 2.47. The van der Waals surface area contributed by atoms with E-state index in [2.05, 4.69) is 64.1 Å². The molecule has 20 heavy (non-hydrogen) atoms. The highest BCUT2D eigenvalue weighted by atomic mass is 14.3. The number of nitriles is 1. The van der Waals surface area contributed by atoms with E-state index in [9.17, 15) is 5.26 Å². The lowest BCUT2D eigenvalue weighted by Crippen LogP contribution is -2.19. The summed E-state index contributed by atoms with van der Waals surface area (Å²) in [6.07, 6.45) is 0. The van der Waals surface area contributed by atoms with Crippen molar-refractivity contribution in [3.63, 3.8) is 0 Å². The standard InChI is InChI=1S/C19H21N/c1-13-6-8-17(9-7-13)19(4,5)18-10-14(2)15(3)16(11-18)12-20/h6-11H,1-5H3. The predicted octanol–water partition coefficient (Wildman–Crippen LogP) is 4.81. The van der Waals surface area contributed by atoms with Gasteiger partial charge in [0.25, 0.3) is 0 Å². The second-order valence-electron chi connectivity index (χ2n) is 6.07. The van der Waals surface area contributed by atoms with Gasteiger partial charge >= 0.3 is 0 Å². The van der Waals surface area contributed by atoms with E-state index in [1.807, 2.05) is 13.0 Å². The van der Waals surface area contributed by atoms with Crippen LogP contribution >= 0.6 is 0 Å². The normalized spacial score (nSPS) is 11.2. The molecule has 0 aliphatic rings. The highest BCUT2D eigenvalue weighted by Gasteiger charge is 2.24. The quantitative estimate of drug-likeness (QED) is 0.762. The van der Waals surface area contributed by atoms with E-state index in [4.69, 9.17) is 0 Å². The largest absolute Gasteiger partial charge is 0.192 e. The topological polar surface area (TPSA) is 23.8 Å². The van der Waals surface area contributed by atoms with Crippen LogP contribution in [0.3, 0.4) is 0 Å². The Labute approximate surface area is 121 Å². The first-order chi connectivity index (χ1) is 9.36. The van der Waals surface area contributed by atoms with Gasteiger partial charge in [-0.2, -0.15) is 5.26 Å². The van der Waals surface area contributed by atoms with Crippen molar-refractivity contribution in [3.8, 4) is 6.07 Å². The van der Waals surface area contributed by atoms with Gasteiger partial charge in [0.2, 0.25) is 0 Å². The van der Waals surface area contributed by atoms with Crippen LogP contribution in [-0.4, -0.2) is 0 Å². The second-order valence-corrected chi connectivity index (χ2v) is 6.07. The zero-order chi connectivity index (χ0) is 14.9. The highest BCUT2D eigenvalue weighted by Crippen LogP contribution is 2.33. The van der Waals surface area contributed by atoms with Crippen molar-refractivity contribution in [2.75, 3.05) is 0 Å². The van der Waals surface area contributed by atoms with Crippen molar-refractivity contribution in [3.05, 3.63) is 69.8 Å². The van der Waals surface area contributed by atoms with Gasteiger partial charge in [-0.05, 0) is 49.1 Å². The van der Waals surface area contributed by atoms with Crippen molar-refractivity contribution in [2.45, 2.75) is 40.0 Å². The summed E-state index contributed by atoms with van der Waals surface area (Å²) < 4.78 is 0. The molecule has 0 radical (unpaired) electrons. The van der Waals surface area contributed by atoms with Crippen LogP contribution in [0.15, 0.2) is 36.4 Å². The molecule has 0 aliphatic heterocycles. The Balaban J connectivity index is 2.57. The summed E-state index contributed by atoms with van der Waals surface area (Å²) in [5, 5.41) is 9.29. The zero-order valence-electron chi connectivity index (χ0n) is 12.9. The molecule has 0 atom stereocenters. The minimum Gasteiger partial charge on any atom is -0.192 e. The molecule has 0 bridgehead atoms. The van der Waals surface area contributed by atoms with Crippen LogP contribution in [0.4, 0.5) is 0 Å². The maximum absolute atomic E-state index is 9.29. The third-order valence-electron chi connectivity index (χ3n) is 4.28. The van der Waals surface area contributed by atoms with E-state index < -0.39 is 0 Å². The Morgan fingerprint density at radius 2 is 1.50 bits per heavy atom. The third-order valence-corrected chi connectivity index (χ3v) is 4.28. The molecule has 2 aromatic carbocycles. The van der Waals surface area contributed by atoms with Gasteiger partial charge in [-0.25, -0.2) is 0 Å². The van der Waals surface area contributed by atoms with Crippen molar-refractivity contribution in [2.24, 2.45) is 0 Å². The monoisotopic (exact) mass is 263 g/mol. The molecule has 0 spiro atoms. The minimum atomic E-state index is -0.0994. The Morgan fingerprint density at radius 3 is 2.05 bits per heavy atom. The molecule has 2 rings (SSSR count). The van der Waals surface area contributed by atoms with Gasteiger partial charge in [-0.1, -0.05) is 49.7 Å². The summed E-state index contributed by atoms with van der Waals surface area (Å²) in [5.74, 6) is 0. The van der Waals surface area contributed by atoms with Gasteiger partial charge in [0.1, 0.15) is 0 Å². The molecular weight excluding hydrogens is 242 g/mol. The minimum absolute atomic E-state index is 0.0994. The molecule has 2 aromatic rings. The van der Waals surface area contributed by atoms with E-state index in [-0.39, 0.29) is 5.41 Å². The average molecular weight is 263 g/mol. The van der Waals surface area contributed by atoms with Crippen LogP contribution in [-0.2, 0) is 5.41 Å². The Bertz CT molecular complexity index is 670. The predicted molar refractivity (Wildman–Crippen MR) is 83.9 cm³/mol. The van der Waals surface area contributed by atoms with Crippen LogP contribution in [0.25, 0.3) is 0 Å². The van der Waals surface area contributed by atoms with Gasteiger partial charge in [0, 0.05) is 5.41 Å². The maximum atomic E-state index is 9.29. The molecule has 0 saturated heterocycles. The molecule has 0 N–H and O–H groups in total. The van der Waals surface area contributed by atoms with Crippen molar-refractivity contribution in [1.29, 1.82) is 5.26 Å². The number of rotatable bonds is 2. The molecule has 0 amide bonds. The Morgan fingerprint density at radius 1 is 0.900 bits per heavy atom. The number of benzene rings is 2. The van der Waals surface area contributed by atoms with Crippen LogP contribution in [0.5, 0.6) is 0 Å². The molecule has 0 aliphatic carbocycles. The molecule has 0 saturated carbocycles. The Kier molecular flexibility index (Phi) is 3.68. The third kappa shape index (κ3) is 2.47. The van der Waals surface area contributed by atoms with Crippen LogP contribution in [0.1, 0.15) is 47.2 Å². The lowest BCUT2D eigenvalue weighted by Gasteiger charge is -2.27. The highest BCUT2D eigenvalue weighted by molar-refractivity contribution is 5.49. The van der Waals surface area contributed by atoms with Gasteiger partial charge in [0.15, 0.2) is 0 Å². The average Bonchev–Trinajstić information content (AvgIpc) is 2.42. The number of nitrogens with zero attached hydrogens (tertiary/aromatic N) is 1. The summed E-state index contributed by atoms with van der Waals surface area (Å²) in [5.41, 5.74) is 6.67. The molecule has 1 heteroatoms. The van der Waals surface area contributed by atoms with Gasteiger partial charge in [-0.3, -0.25) is 0 Å². The second kappa shape index (κ2) is 5.13. The molecular formula is C19H21N. The molecule has 102 valence electrons. The van der Waals surface area contributed by atoms with Crippen molar-refractivity contribution < 1.29 is 0 Å². The van der Waals surface area contributed by atoms with E-state index >= 15 is 0 Å². The maximum Gasteiger partial charge on any atom is 0.0994 e. The summed E-state index contributed by atoms with van der Waals surface area (Å²) in [4.78, 5) is 0. The van der Waals surface area contributed by atoms with Crippen molar-refractivity contribution >= 4 is 0 Å². The van der Waals surface area contributed by atoms with Gasteiger partial charge < -0.3 is 0 Å². The molecule has 1 nitrogen and oxygen atoms in total. The summed E-state index contributed by atoms with van der Waals surface area (Å²) in [6, 6.07) is 15.2. The molecule has 0 heterocycles. The van der Waals surface area contributed by atoms with Crippen LogP contribution in [0.2, 0.25) is 0 Å². The first-order valence-electron chi connectivity index (χ1n) is 6.95. The first kappa shape index (κ1) is 14.3. The summed E-state index contributed by atoms with van der Waals surface area (Å²) in [7, 11) is 0. The lowest BCUT2D eigenvalue weighted by atomic mass is 9.76. The number of aryl methyl sites for hydroxylation is 2. The van der Waals surface area contributed by atoms with Crippen molar-refractivity contribution in [1.82, 2.24) is 0 Å². The molecule has 0 unspecified atom stereocenters. The summed E-state index contributed by atoms with van der Waals surface area (Å²) >= 11 is 0. The van der Waals surface area contributed by atoms with E-state index in [1.165, 1.54) is 22.3 Å². The van der Waals surface area contributed by atoms with E-state index in [0.29, 0.717) is 0 Å². The molecule has 0 fully saturated rings. The zero-order valence-corrected chi connectivity index (χ0v) is 12.9. The fourth-order valence-corrected chi connectivity index (χ4v) is 2.47. The van der Waals surface area contributed by atoms with Gasteiger partial charge in [-0.15, -0.1) is 0 Å².